The van der Waals surface area contributed by atoms with E-state index >= 15 is 0 Å². The molecule has 1 fully saturated rings. The maximum absolute atomic E-state index is 6.26. The Morgan fingerprint density at radius 1 is 1.42 bits per heavy atom. The number of allylic oxidation sites excluding steroid dienone is 3. The Kier molecular flexibility index (Phi) is 5.57. The van der Waals surface area contributed by atoms with Crippen LogP contribution in [-0.2, 0) is 11.2 Å². The van der Waals surface area contributed by atoms with Gasteiger partial charge in [0.15, 0.2) is 0 Å². The Morgan fingerprint density at radius 3 is 3.04 bits per heavy atom. The smallest absolute Gasteiger partial charge is 0.0895 e. The van der Waals surface area contributed by atoms with Gasteiger partial charge in [-0.05, 0) is 43.4 Å². The Bertz CT molecular complexity index is 643. The van der Waals surface area contributed by atoms with Crippen molar-refractivity contribution in [1.29, 1.82) is 0 Å². The van der Waals surface area contributed by atoms with E-state index in [0.717, 1.165) is 19.4 Å². The number of hydrogen-bond donors (Lipinski definition) is 1. The number of anilines is 1. The SMILES string of the molecule is C=C/C=C\C(=C/C)[C@@H]1Nc2ccc(CCC)cc2C2OCCCC21. The Balaban J connectivity index is 1.97. The largest absolute Gasteiger partial charge is 0.378 e. The highest BCUT2D eigenvalue weighted by atomic mass is 16.5. The van der Waals surface area contributed by atoms with Gasteiger partial charge in [-0.3, -0.25) is 0 Å². The fraction of sp³-hybridized carbons (Fsp3) is 0.455. The predicted molar refractivity (Wildman–Crippen MR) is 102 cm³/mol. The number of hydrogen-bond acceptors (Lipinski definition) is 2. The molecule has 3 atom stereocenters. The highest BCUT2D eigenvalue weighted by Crippen LogP contribution is 2.46. The van der Waals surface area contributed by atoms with Crippen molar-refractivity contribution in [3.05, 3.63) is 65.8 Å². The van der Waals surface area contributed by atoms with Gasteiger partial charge in [-0.2, -0.15) is 0 Å². The van der Waals surface area contributed by atoms with Gasteiger partial charge in [0.25, 0.3) is 0 Å². The first kappa shape index (κ1) is 17.0. The first-order valence-corrected chi connectivity index (χ1v) is 9.24. The molecule has 0 saturated carbocycles. The minimum Gasteiger partial charge on any atom is -0.378 e. The monoisotopic (exact) mass is 323 g/mol. The number of nitrogens with one attached hydrogen (secondary N) is 1. The van der Waals surface area contributed by atoms with Crippen LogP contribution in [0.1, 0.15) is 50.3 Å². The summed E-state index contributed by atoms with van der Waals surface area (Å²) < 4.78 is 6.26. The second kappa shape index (κ2) is 7.85. The molecule has 2 aliphatic rings. The lowest BCUT2D eigenvalue weighted by molar-refractivity contribution is -0.0339. The van der Waals surface area contributed by atoms with E-state index in [2.05, 4.69) is 56.1 Å². The summed E-state index contributed by atoms with van der Waals surface area (Å²) in [4.78, 5) is 0. The minimum atomic E-state index is 0.212. The van der Waals surface area contributed by atoms with Crippen molar-refractivity contribution in [2.75, 3.05) is 11.9 Å². The topological polar surface area (TPSA) is 21.3 Å². The molecule has 2 heteroatoms. The molecule has 2 aliphatic heterocycles. The van der Waals surface area contributed by atoms with Gasteiger partial charge in [0.2, 0.25) is 0 Å². The lowest BCUT2D eigenvalue weighted by Gasteiger charge is -2.44. The first-order valence-electron chi connectivity index (χ1n) is 9.24. The lowest BCUT2D eigenvalue weighted by Crippen LogP contribution is -2.42. The highest BCUT2D eigenvalue weighted by molar-refractivity contribution is 5.59. The Morgan fingerprint density at radius 2 is 2.29 bits per heavy atom. The van der Waals surface area contributed by atoms with Gasteiger partial charge >= 0.3 is 0 Å². The molecule has 1 aromatic carbocycles. The molecule has 0 amide bonds. The molecule has 0 aromatic heterocycles. The third-order valence-electron chi connectivity index (χ3n) is 5.19. The molecule has 2 heterocycles. The second-order valence-corrected chi connectivity index (χ2v) is 6.77. The molecule has 1 N–H and O–H groups in total. The van der Waals surface area contributed by atoms with Crippen LogP contribution in [0.3, 0.4) is 0 Å². The summed E-state index contributed by atoms with van der Waals surface area (Å²) in [5.74, 6) is 0.490. The van der Waals surface area contributed by atoms with Gasteiger partial charge in [0.05, 0.1) is 12.1 Å². The molecule has 2 nitrogen and oxygen atoms in total. The normalized spacial score (nSPS) is 26.6. The van der Waals surface area contributed by atoms with E-state index in [1.807, 2.05) is 12.2 Å². The third kappa shape index (κ3) is 3.34. The van der Waals surface area contributed by atoms with Crippen LogP contribution < -0.4 is 5.32 Å². The van der Waals surface area contributed by atoms with E-state index in [1.165, 1.54) is 35.2 Å². The standard InChI is InChI=1S/C22H29NO/c1-4-7-10-17(6-3)21-18-11-8-14-24-22(18)19-15-16(9-5-2)12-13-20(19)23-21/h4,6-7,10,12-13,15,18,21-23H,1,5,8-9,11,14H2,2-3H3/b10-7-,17-6+/t18?,21-,22?/m0/s1. The molecule has 0 radical (unpaired) electrons. The molecule has 0 spiro atoms. The molecule has 3 rings (SSSR count). The molecule has 128 valence electrons. The van der Waals surface area contributed by atoms with Crippen molar-refractivity contribution in [1.82, 2.24) is 0 Å². The van der Waals surface area contributed by atoms with E-state index in [0.29, 0.717) is 12.0 Å². The van der Waals surface area contributed by atoms with Gasteiger partial charge in [-0.15, -0.1) is 0 Å². The van der Waals surface area contributed by atoms with Gasteiger partial charge in [-0.25, -0.2) is 0 Å². The van der Waals surface area contributed by atoms with E-state index < -0.39 is 0 Å². The zero-order chi connectivity index (χ0) is 16.9. The Hall–Kier alpha value is -1.80. The fourth-order valence-electron chi connectivity index (χ4n) is 4.05. The third-order valence-corrected chi connectivity index (χ3v) is 5.19. The molecular weight excluding hydrogens is 294 g/mol. The number of rotatable bonds is 5. The van der Waals surface area contributed by atoms with Gasteiger partial charge in [-0.1, -0.05) is 56.4 Å². The number of aryl methyl sites for hydroxylation is 1. The van der Waals surface area contributed by atoms with Gasteiger partial charge < -0.3 is 10.1 Å². The van der Waals surface area contributed by atoms with E-state index in [9.17, 15) is 0 Å². The fourth-order valence-corrected chi connectivity index (χ4v) is 4.05. The summed E-state index contributed by atoms with van der Waals surface area (Å²) >= 11 is 0. The average Bonchev–Trinajstić information content (AvgIpc) is 2.63. The van der Waals surface area contributed by atoms with Crippen LogP contribution in [-0.4, -0.2) is 12.6 Å². The van der Waals surface area contributed by atoms with Crippen molar-refractivity contribution in [2.45, 2.75) is 51.7 Å². The average molecular weight is 323 g/mol. The van der Waals surface area contributed by atoms with Crippen LogP contribution in [0.25, 0.3) is 0 Å². The van der Waals surface area contributed by atoms with Crippen LogP contribution in [0.15, 0.2) is 54.7 Å². The maximum Gasteiger partial charge on any atom is 0.0895 e. The van der Waals surface area contributed by atoms with E-state index in [1.54, 1.807) is 0 Å². The van der Waals surface area contributed by atoms with Crippen molar-refractivity contribution in [3.8, 4) is 0 Å². The molecular formula is C22H29NO. The molecule has 2 unspecified atom stereocenters. The summed E-state index contributed by atoms with van der Waals surface area (Å²) in [6.45, 7) is 9.02. The molecule has 1 saturated heterocycles. The summed E-state index contributed by atoms with van der Waals surface area (Å²) in [6, 6.07) is 7.16. The highest BCUT2D eigenvalue weighted by Gasteiger charge is 2.39. The predicted octanol–water partition coefficient (Wildman–Crippen LogP) is 5.59. The van der Waals surface area contributed by atoms with Crippen LogP contribution in [0, 0.1) is 5.92 Å². The molecule has 0 bridgehead atoms. The number of ether oxygens (including phenoxy) is 1. The maximum atomic E-state index is 6.26. The minimum absolute atomic E-state index is 0.212. The summed E-state index contributed by atoms with van der Waals surface area (Å²) in [5.41, 5.74) is 5.32. The van der Waals surface area contributed by atoms with Gasteiger partial charge in [0.1, 0.15) is 0 Å². The van der Waals surface area contributed by atoms with Crippen molar-refractivity contribution in [2.24, 2.45) is 5.92 Å². The number of benzene rings is 1. The first-order chi connectivity index (χ1) is 11.8. The summed E-state index contributed by atoms with van der Waals surface area (Å²) in [5, 5.41) is 3.79. The van der Waals surface area contributed by atoms with Gasteiger partial charge in [0, 0.05) is 23.8 Å². The zero-order valence-electron chi connectivity index (χ0n) is 14.9. The quantitative estimate of drug-likeness (QED) is 0.713. The van der Waals surface area contributed by atoms with Crippen LogP contribution in [0.2, 0.25) is 0 Å². The zero-order valence-corrected chi connectivity index (χ0v) is 14.9. The molecule has 24 heavy (non-hydrogen) atoms. The van der Waals surface area contributed by atoms with Crippen molar-refractivity contribution < 1.29 is 4.74 Å². The van der Waals surface area contributed by atoms with Crippen LogP contribution >= 0.6 is 0 Å². The molecule has 0 aliphatic carbocycles. The Labute approximate surface area is 146 Å². The second-order valence-electron chi connectivity index (χ2n) is 6.77. The van der Waals surface area contributed by atoms with Crippen LogP contribution in [0.4, 0.5) is 5.69 Å². The summed E-state index contributed by atoms with van der Waals surface area (Å²) in [7, 11) is 0. The molecule has 1 aromatic rings. The van der Waals surface area contributed by atoms with Crippen LogP contribution in [0.5, 0.6) is 0 Å². The van der Waals surface area contributed by atoms with Crippen molar-refractivity contribution >= 4 is 5.69 Å². The summed E-state index contributed by atoms with van der Waals surface area (Å²) in [6.07, 6.45) is 13.1. The van der Waals surface area contributed by atoms with Crippen molar-refractivity contribution in [3.63, 3.8) is 0 Å². The van der Waals surface area contributed by atoms with E-state index in [4.69, 9.17) is 4.74 Å². The number of fused-ring (bicyclic) bond motifs is 3. The lowest BCUT2D eigenvalue weighted by atomic mass is 9.76. The van der Waals surface area contributed by atoms with E-state index in [-0.39, 0.29) is 6.10 Å².